The Balaban J connectivity index is 1.61. The maximum Gasteiger partial charge on any atom is 0.329 e. The molecule has 1 fully saturated rings. The van der Waals surface area contributed by atoms with Gasteiger partial charge in [0.1, 0.15) is 18.1 Å². The van der Waals surface area contributed by atoms with Gasteiger partial charge < -0.3 is 15.0 Å². The summed E-state index contributed by atoms with van der Waals surface area (Å²) in [7, 11) is 1.24. The van der Waals surface area contributed by atoms with Gasteiger partial charge in [0.25, 0.3) is 5.91 Å². The minimum absolute atomic E-state index is 0.0490. The Kier molecular flexibility index (Phi) is 4.98. The van der Waals surface area contributed by atoms with E-state index in [1.54, 1.807) is 41.4 Å². The SMILES string of the molecule is COC(=O)CNC(=O)c1ccc2c(n1)N(C(=O)Nc1ccccn1)[C@H]1CCN2C1. The van der Waals surface area contributed by atoms with Gasteiger partial charge in [-0.3, -0.25) is 19.8 Å². The van der Waals surface area contributed by atoms with Crippen molar-refractivity contribution in [1.82, 2.24) is 15.3 Å². The Morgan fingerprint density at radius 3 is 2.86 bits per heavy atom. The molecule has 1 atom stereocenters. The van der Waals surface area contributed by atoms with Crippen molar-refractivity contribution in [3.8, 4) is 0 Å². The van der Waals surface area contributed by atoms with Crippen LogP contribution in [0.2, 0.25) is 0 Å². The van der Waals surface area contributed by atoms with Crippen molar-refractivity contribution in [1.29, 1.82) is 0 Å². The molecule has 2 bridgehead atoms. The van der Waals surface area contributed by atoms with Gasteiger partial charge in [0.05, 0.1) is 18.8 Å². The number of nitrogens with zero attached hydrogens (tertiary/aromatic N) is 4. The van der Waals surface area contributed by atoms with E-state index >= 15 is 0 Å². The summed E-state index contributed by atoms with van der Waals surface area (Å²) >= 11 is 0. The molecule has 0 spiro atoms. The summed E-state index contributed by atoms with van der Waals surface area (Å²) in [4.78, 5) is 48.9. The van der Waals surface area contributed by atoms with Gasteiger partial charge in [-0.15, -0.1) is 0 Å². The average Bonchev–Trinajstić information content (AvgIpc) is 3.16. The molecule has 29 heavy (non-hydrogen) atoms. The molecule has 3 amide bonds. The first-order valence-electron chi connectivity index (χ1n) is 9.19. The molecule has 2 N–H and O–H groups in total. The van der Waals surface area contributed by atoms with Crippen molar-refractivity contribution in [3.63, 3.8) is 0 Å². The highest BCUT2D eigenvalue weighted by Gasteiger charge is 2.40. The Morgan fingerprint density at radius 2 is 2.10 bits per heavy atom. The second-order valence-electron chi connectivity index (χ2n) is 6.70. The van der Waals surface area contributed by atoms with Gasteiger partial charge in [-0.25, -0.2) is 14.8 Å². The summed E-state index contributed by atoms with van der Waals surface area (Å²) < 4.78 is 4.52. The molecule has 4 heterocycles. The topological polar surface area (TPSA) is 117 Å². The van der Waals surface area contributed by atoms with E-state index in [-0.39, 0.29) is 24.3 Å². The summed E-state index contributed by atoms with van der Waals surface area (Å²) in [5.74, 6) is -0.225. The molecule has 10 nitrogen and oxygen atoms in total. The highest BCUT2D eigenvalue weighted by Crippen LogP contribution is 2.39. The fourth-order valence-electron chi connectivity index (χ4n) is 3.52. The molecule has 4 rings (SSSR count). The summed E-state index contributed by atoms with van der Waals surface area (Å²) in [5, 5.41) is 5.25. The zero-order chi connectivity index (χ0) is 20.4. The molecule has 2 aromatic rings. The van der Waals surface area contributed by atoms with Crippen LogP contribution in [-0.4, -0.2) is 60.7 Å². The van der Waals surface area contributed by atoms with Crippen LogP contribution in [0.25, 0.3) is 0 Å². The zero-order valence-electron chi connectivity index (χ0n) is 15.8. The highest BCUT2D eigenvalue weighted by atomic mass is 16.5. The minimum atomic E-state index is -0.558. The molecule has 1 saturated heterocycles. The van der Waals surface area contributed by atoms with E-state index in [4.69, 9.17) is 0 Å². The minimum Gasteiger partial charge on any atom is -0.468 e. The Hall–Kier alpha value is -3.69. The van der Waals surface area contributed by atoms with E-state index < -0.39 is 11.9 Å². The van der Waals surface area contributed by atoms with Crippen molar-refractivity contribution in [3.05, 3.63) is 42.2 Å². The van der Waals surface area contributed by atoms with Crippen molar-refractivity contribution in [2.24, 2.45) is 0 Å². The third-order valence-electron chi connectivity index (χ3n) is 4.92. The molecule has 2 aliphatic rings. The Morgan fingerprint density at radius 1 is 1.24 bits per heavy atom. The molecule has 2 aliphatic heterocycles. The molecule has 0 aliphatic carbocycles. The number of amides is 3. The summed E-state index contributed by atoms with van der Waals surface area (Å²) in [6, 6.07) is 8.21. The molecule has 0 unspecified atom stereocenters. The summed E-state index contributed by atoms with van der Waals surface area (Å²) in [6.07, 6.45) is 2.40. The number of anilines is 3. The molecule has 2 aromatic heterocycles. The molecule has 0 radical (unpaired) electrons. The first-order valence-corrected chi connectivity index (χ1v) is 9.19. The van der Waals surface area contributed by atoms with Crippen molar-refractivity contribution in [2.45, 2.75) is 12.5 Å². The Bertz CT molecular complexity index is 951. The van der Waals surface area contributed by atoms with Crippen molar-refractivity contribution < 1.29 is 19.1 Å². The summed E-state index contributed by atoms with van der Waals surface area (Å²) in [5.41, 5.74) is 0.908. The third kappa shape index (κ3) is 3.68. The van der Waals surface area contributed by atoms with Gasteiger partial charge in [-0.2, -0.15) is 0 Å². The van der Waals surface area contributed by atoms with Crippen molar-refractivity contribution in [2.75, 3.05) is 41.9 Å². The number of ether oxygens (including phenoxy) is 1. The van der Waals surface area contributed by atoms with E-state index in [0.717, 1.165) is 18.7 Å². The number of hydrogen-bond donors (Lipinski definition) is 2. The lowest BCUT2D eigenvalue weighted by Gasteiger charge is -2.35. The number of pyridine rings is 2. The number of carbonyl (C=O) groups excluding carboxylic acids is 3. The maximum atomic E-state index is 13.0. The highest BCUT2D eigenvalue weighted by molar-refractivity contribution is 6.05. The number of carbonyl (C=O) groups is 3. The van der Waals surface area contributed by atoms with E-state index in [2.05, 4.69) is 30.2 Å². The van der Waals surface area contributed by atoms with E-state index in [9.17, 15) is 14.4 Å². The monoisotopic (exact) mass is 396 g/mol. The first-order chi connectivity index (χ1) is 14.1. The smallest absolute Gasteiger partial charge is 0.329 e. The van der Waals surface area contributed by atoms with Crippen LogP contribution >= 0.6 is 0 Å². The lowest BCUT2D eigenvalue weighted by molar-refractivity contribution is -0.139. The normalized spacial score (nSPS) is 16.8. The van der Waals surface area contributed by atoms with Crippen LogP contribution in [-0.2, 0) is 9.53 Å². The number of nitrogens with one attached hydrogen (secondary N) is 2. The van der Waals surface area contributed by atoms with Gasteiger partial charge in [0.15, 0.2) is 5.82 Å². The number of urea groups is 1. The predicted molar refractivity (Wildman–Crippen MR) is 105 cm³/mol. The fraction of sp³-hybridized carbons (Fsp3) is 0.316. The molecular formula is C19H20N6O4. The molecule has 10 heteroatoms. The van der Waals surface area contributed by atoms with E-state index in [1.807, 2.05) is 0 Å². The second-order valence-corrected chi connectivity index (χ2v) is 6.70. The fourth-order valence-corrected chi connectivity index (χ4v) is 3.52. The molecule has 0 saturated carbocycles. The quantitative estimate of drug-likeness (QED) is 0.741. The van der Waals surface area contributed by atoms with Crippen LogP contribution < -0.4 is 20.4 Å². The molecule has 0 aromatic carbocycles. The van der Waals surface area contributed by atoms with E-state index in [0.29, 0.717) is 18.2 Å². The number of rotatable bonds is 4. The van der Waals surface area contributed by atoms with Crippen LogP contribution in [0.15, 0.2) is 36.5 Å². The zero-order valence-corrected chi connectivity index (χ0v) is 15.8. The van der Waals surface area contributed by atoms with Crippen LogP contribution in [0.4, 0.5) is 22.1 Å². The van der Waals surface area contributed by atoms with Gasteiger partial charge in [-0.05, 0) is 30.7 Å². The summed E-state index contributed by atoms with van der Waals surface area (Å²) in [6.45, 7) is 1.26. The van der Waals surface area contributed by atoms with Gasteiger partial charge in [0, 0.05) is 19.3 Å². The van der Waals surface area contributed by atoms with E-state index in [1.165, 1.54) is 7.11 Å². The molecular weight excluding hydrogens is 376 g/mol. The molecule has 150 valence electrons. The number of esters is 1. The lowest BCUT2D eigenvalue weighted by atomic mass is 10.1. The average molecular weight is 396 g/mol. The third-order valence-corrected chi connectivity index (χ3v) is 4.92. The maximum absolute atomic E-state index is 13.0. The van der Waals surface area contributed by atoms with Crippen LogP contribution in [0.5, 0.6) is 0 Å². The van der Waals surface area contributed by atoms with Crippen LogP contribution in [0, 0.1) is 0 Å². The van der Waals surface area contributed by atoms with Crippen LogP contribution in [0.3, 0.4) is 0 Å². The Labute approximate surface area is 166 Å². The standard InChI is InChI=1S/C19H20N6O4/c1-29-16(26)10-21-18(27)13-5-6-14-17(22-13)25(12-7-9-24(14)11-12)19(28)23-15-4-2-3-8-20-15/h2-6,8,12H,7,9-11H2,1H3,(H,21,27)(H,20,23,28)/t12-/m0/s1. The number of fused-ring (bicyclic) bond motifs is 4. The predicted octanol–water partition coefficient (Wildman–Crippen LogP) is 1.01. The van der Waals surface area contributed by atoms with Crippen LogP contribution in [0.1, 0.15) is 16.9 Å². The van der Waals surface area contributed by atoms with Gasteiger partial charge in [-0.1, -0.05) is 6.07 Å². The lowest BCUT2D eigenvalue weighted by Crippen LogP contribution is -2.48. The van der Waals surface area contributed by atoms with Gasteiger partial charge >= 0.3 is 12.0 Å². The second kappa shape index (κ2) is 7.74. The van der Waals surface area contributed by atoms with Crippen molar-refractivity contribution >= 4 is 35.2 Å². The number of methoxy groups -OCH3 is 1. The first kappa shape index (κ1) is 18.7. The number of aromatic nitrogens is 2. The largest absolute Gasteiger partial charge is 0.468 e. The van der Waals surface area contributed by atoms with Gasteiger partial charge in [0.2, 0.25) is 0 Å². The number of hydrogen-bond acceptors (Lipinski definition) is 7.